The minimum Gasteiger partial charge on any atom is -0.393 e. The Balaban J connectivity index is 1.69. The summed E-state index contributed by atoms with van der Waals surface area (Å²) in [6.45, 7) is 8.40. The van der Waals surface area contributed by atoms with Crippen LogP contribution in [-0.4, -0.2) is 59.8 Å². The van der Waals surface area contributed by atoms with Gasteiger partial charge in [0.15, 0.2) is 0 Å². The molecule has 1 N–H and O–H groups in total. The van der Waals surface area contributed by atoms with Crippen LogP contribution >= 0.6 is 0 Å². The van der Waals surface area contributed by atoms with Gasteiger partial charge in [-0.2, -0.15) is 0 Å². The third-order valence-electron chi connectivity index (χ3n) is 4.37. The van der Waals surface area contributed by atoms with Gasteiger partial charge in [-0.3, -0.25) is 4.90 Å². The molecule has 2 saturated heterocycles. The van der Waals surface area contributed by atoms with Gasteiger partial charge in [0, 0.05) is 12.6 Å². The molecule has 0 aliphatic carbocycles. The van der Waals surface area contributed by atoms with Crippen LogP contribution in [0.5, 0.6) is 0 Å². The zero-order chi connectivity index (χ0) is 12.1. The lowest BCUT2D eigenvalue weighted by atomic mass is 10.1. The molecule has 2 atom stereocenters. The maximum Gasteiger partial charge on any atom is 0.0538 e. The van der Waals surface area contributed by atoms with Crippen LogP contribution in [0.25, 0.3) is 0 Å². The topological polar surface area (TPSA) is 26.7 Å². The minimum absolute atomic E-state index is 0.0787. The number of hydrogen-bond acceptors (Lipinski definition) is 3. The van der Waals surface area contributed by atoms with Gasteiger partial charge in [-0.05, 0) is 64.7 Å². The highest BCUT2D eigenvalue weighted by Crippen LogP contribution is 2.21. The van der Waals surface area contributed by atoms with Gasteiger partial charge in [0.05, 0.1) is 6.10 Å². The molecule has 2 unspecified atom stereocenters. The molecule has 17 heavy (non-hydrogen) atoms. The minimum atomic E-state index is -0.0787. The molecule has 3 nitrogen and oxygen atoms in total. The van der Waals surface area contributed by atoms with E-state index in [4.69, 9.17) is 0 Å². The Morgan fingerprint density at radius 1 is 1.24 bits per heavy atom. The number of fused-ring (bicyclic) bond motifs is 1. The molecule has 2 heterocycles. The monoisotopic (exact) mass is 240 g/mol. The predicted octanol–water partition coefficient (Wildman–Crippen LogP) is 1.71. The number of aliphatic hydroxyl groups excluding tert-OH is 1. The molecule has 0 aromatic rings. The molecular formula is C14H28N2O. The molecule has 0 aromatic heterocycles. The fourth-order valence-electron chi connectivity index (χ4n) is 3.24. The highest BCUT2D eigenvalue weighted by atomic mass is 16.3. The first-order chi connectivity index (χ1) is 8.29. The van der Waals surface area contributed by atoms with E-state index in [-0.39, 0.29) is 6.10 Å². The summed E-state index contributed by atoms with van der Waals surface area (Å²) in [6, 6.07) is 0.827. The highest BCUT2D eigenvalue weighted by Gasteiger charge is 2.28. The van der Waals surface area contributed by atoms with Gasteiger partial charge in [0.1, 0.15) is 0 Å². The summed E-state index contributed by atoms with van der Waals surface area (Å²) in [7, 11) is 0. The van der Waals surface area contributed by atoms with Crippen LogP contribution in [0, 0.1) is 0 Å². The SMILES string of the molecule is CCC(O)CCCN1CCCN2CCCC2C1. The lowest BCUT2D eigenvalue weighted by Crippen LogP contribution is -2.37. The van der Waals surface area contributed by atoms with E-state index in [0.717, 1.165) is 25.3 Å². The molecule has 3 heteroatoms. The Morgan fingerprint density at radius 3 is 2.88 bits per heavy atom. The number of rotatable bonds is 5. The van der Waals surface area contributed by atoms with Crippen LogP contribution in [0.4, 0.5) is 0 Å². The first-order valence-corrected chi connectivity index (χ1v) is 7.44. The highest BCUT2D eigenvalue weighted by molar-refractivity contribution is 4.84. The number of nitrogens with zero attached hydrogens (tertiary/aromatic N) is 2. The van der Waals surface area contributed by atoms with Crippen molar-refractivity contribution in [1.29, 1.82) is 0 Å². The standard InChI is InChI=1S/C14H28N2O/c1-2-14(17)7-4-8-15-9-5-11-16-10-3-6-13(16)12-15/h13-14,17H,2-12H2,1H3. The van der Waals surface area contributed by atoms with Crippen molar-refractivity contribution >= 4 is 0 Å². The van der Waals surface area contributed by atoms with E-state index < -0.39 is 0 Å². The summed E-state index contributed by atoms with van der Waals surface area (Å²) in [5.41, 5.74) is 0. The predicted molar refractivity (Wildman–Crippen MR) is 71.2 cm³/mol. The first-order valence-electron chi connectivity index (χ1n) is 7.44. The van der Waals surface area contributed by atoms with Crippen molar-refractivity contribution in [2.45, 2.75) is 57.6 Å². The maximum atomic E-state index is 9.57. The van der Waals surface area contributed by atoms with E-state index in [1.165, 1.54) is 52.0 Å². The van der Waals surface area contributed by atoms with Crippen LogP contribution in [0.1, 0.15) is 45.4 Å². The molecule has 0 spiro atoms. The van der Waals surface area contributed by atoms with E-state index in [9.17, 15) is 5.11 Å². The summed E-state index contributed by atoms with van der Waals surface area (Å²) in [6.07, 6.45) is 7.07. The zero-order valence-electron chi connectivity index (χ0n) is 11.3. The van der Waals surface area contributed by atoms with Gasteiger partial charge in [-0.1, -0.05) is 6.92 Å². The van der Waals surface area contributed by atoms with Gasteiger partial charge in [0.25, 0.3) is 0 Å². The van der Waals surface area contributed by atoms with Crippen LogP contribution < -0.4 is 0 Å². The normalized spacial score (nSPS) is 28.9. The second-order valence-corrected chi connectivity index (χ2v) is 5.69. The lowest BCUT2D eigenvalue weighted by Gasteiger charge is -2.25. The molecule has 2 aliphatic heterocycles. The molecule has 2 rings (SSSR count). The van der Waals surface area contributed by atoms with Crippen molar-refractivity contribution in [3.8, 4) is 0 Å². The third-order valence-corrected chi connectivity index (χ3v) is 4.37. The average molecular weight is 240 g/mol. The molecule has 0 radical (unpaired) electrons. The van der Waals surface area contributed by atoms with Gasteiger partial charge in [0.2, 0.25) is 0 Å². The molecule has 0 saturated carbocycles. The summed E-state index contributed by atoms with van der Waals surface area (Å²) >= 11 is 0. The van der Waals surface area contributed by atoms with Crippen molar-refractivity contribution < 1.29 is 5.11 Å². The zero-order valence-corrected chi connectivity index (χ0v) is 11.3. The van der Waals surface area contributed by atoms with Gasteiger partial charge in [-0.25, -0.2) is 0 Å². The average Bonchev–Trinajstić information content (AvgIpc) is 2.68. The van der Waals surface area contributed by atoms with E-state index in [2.05, 4.69) is 16.7 Å². The Hall–Kier alpha value is -0.120. The Kier molecular flexibility index (Phi) is 5.26. The van der Waals surface area contributed by atoms with Crippen molar-refractivity contribution in [3.05, 3.63) is 0 Å². The summed E-state index contributed by atoms with van der Waals surface area (Å²) in [5.74, 6) is 0. The van der Waals surface area contributed by atoms with Crippen molar-refractivity contribution in [2.24, 2.45) is 0 Å². The molecule has 100 valence electrons. The molecule has 0 amide bonds. The summed E-state index contributed by atoms with van der Waals surface area (Å²) < 4.78 is 0. The van der Waals surface area contributed by atoms with Crippen LogP contribution in [-0.2, 0) is 0 Å². The summed E-state index contributed by atoms with van der Waals surface area (Å²) in [4.78, 5) is 5.30. The van der Waals surface area contributed by atoms with E-state index in [1.54, 1.807) is 0 Å². The molecule has 0 bridgehead atoms. The smallest absolute Gasteiger partial charge is 0.0538 e. The molecule has 0 aromatic carbocycles. The second kappa shape index (κ2) is 6.72. The molecular weight excluding hydrogens is 212 g/mol. The van der Waals surface area contributed by atoms with Crippen molar-refractivity contribution in [2.75, 3.05) is 32.7 Å². The Labute approximate surface area is 106 Å². The second-order valence-electron chi connectivity index (χ2n) is 5.69. The maximum absolute atomic E-state index is 9.57. The Bertz CT molecular complexity index is 222. The largest absolute Gasteiger partial charge is 0.393 e. The van der Waals surface area contributed by atoms with Crippen LogP contribution in [0.3, 0.4) is 0 Å². The fourth-order valence-corrected chi connectivity index (χ4v) is 3.24. The number of hydrogen-bond donors (Lipinski definition) is 1. The quantitative estimate of drug-likeness (QED) is 0.792. The van der Waals surface area contributed by atoms with E-state index in [0.29, 0.717) is 0 Å². The van der Waals surface area contributed by atoms with Crippen molar-refractivity contribution in [3.63, 3.8) is 0 Å². The van der Waals surface area contributed by atoms with Crippen LogP contribution in [0.2, 0.25) is 0 Å². The summed E-state index contributed by atoms with van der Waals surface area (Å²) in [5, 5.41) is 9.57. The number of aliphatic hydroxyl groups is 1. The van der Waals surface area contributed by atoms with Gasteiger partial charge >= 0.3 is 0 Å². The van der Waals surface area contributed by atoms with Gasteiger partial charge < -0.3 is 10.0 Å². The van der Waals surface area contributed by atoms with Crippen molar-refractivity contribution in [1.82, 2.24) is 9.80 Å². The van der Waals surface area contributed by atoms with E-state index >= 15 is 0 Å². The van der Waals surface area contributed by atoms with Crippen LogP contribution in [0.15, 0.2) is 0 Å². The third kappa shape index (κ3) is 3.94. The van der Waals surface area contributed by atoms with Gasteiger partial charge in [-0.15, -0.1) is 0 Å². The Morgan fingerprint density at radius 2 is 2.06 bits per heavy atom. The fraction of sp³-hybridized carbons (Fsp3) is 1.00. The first kappa shape index (κ1) is 13.3. The van der Waals surface area contributed by atoms with E-state index in [1.807, 2.05) is 0 Å². The molecule has 2 fully saturated rings. The molecule has 2 aliphatic rings. The lowest BCUT2D eigenvalue weighted by molar-refractivity contribution is 0.147.